The normalized spacial score (nSPS) is 10.1. The van der Waals surface area contributed by atoms with Crippen molar-refractivity contribution in [2.24, 2.45) is 5.73 Å². The fraction of sp³-hybridized carbons (Fsp3) is 0.188. The molecule has 0 saturated carbocycles. The van der Waals surface area contributed by atoms with Gasteiger partial charge in [-0.25, -0.2) is 0 Å². The maximum absolute atomic E-state index is 11.0. The number of aryl methyl sites for hydroxylation is 1. The standard InChI is InChI=1S/C16H17NO3/c1-11-3-4-12(9-15(11)19-2)10-20-14-7-5-13(6-8-14)16(17)18/h3-9H,10H2,1-2H3,(H2,17,18). The van der Waals surface area contributed by atoms with E-state index in [0.29, 0.717) is 17.9 Å². The molecule has 0 atom stereocenters. The van der Waals surface area contributed by atoms with Crippen LogP contribution in [-0.2, 0) is 6.61 Å². The van der Waals surface area contributed by atoms with E-state index in [2.05, 4.69) is 0 Å². The molecule has 104 valence electrons. The molecule has 2 aromatic carbocycles. The SMILES string of the molecule is COc1cc(COc2ccc(C(N)=O)cc2)ccc1C. The average Bonchev–Trinajstić information content (AvgIpc) is 2.46. The second kappa shape index (κ2) is 6.10. The molecule has 0 fully saturated rings. The van der Waals surface area contributed by atoms with Crippen molar-refractivity contribution in [3.63, 3.8) is 0 Å². The number of nitrogens with two attached hydrogens (primary N) is 1. The van der Waals surface area contributed by atoms with E-state index in [-0.39, 0.29) is 0 Å². The van der Waals surface area contributed by atoms with Gasteiger partial charge in [0, 0.05) is 5.56 Å². The summed E-state index contributed by atoms with van der Waals surface area (Å²) in [5.74, 6) is 1.09. The van der Waals surface area contributed by atoms with Crippen molar-refractivity contribution in [2.45, 2.75) is 13.5 Å². The van der Waals surface area contributed by atoms with E-state index in [1.54, 1.807) is 31.4 Å². The minimum absolute atomic E-state index is 0.437. The second-order valence-corrected chi connectivity index (χ2v) is 4.48. The van der Waals surface area contributed by atoms with Crippen LogP contribution in [0.1, 0.15) is 21.5 Å². The number of rotatable bonds is 5. The second-order valence-electron chi connectivity index (χ2n) is 4.48. The van der Waals surface area contributed by atoms with Gasteiger partial charge in [-0.05, 0) is 48.4 Å². The van der Waals surface area contributed by atoms with E-state index in [4.69, 9.17) is 15.2 Å². The van der Waals surface area contributed by atoms with Crippen LogP contribution in [0.15, 0.2) is 42.5 Å². The van der Waals surface area contributed by atoms with Crippen LogP contribution in [-0.4, -0.2) is 13.0 Å². The molecule has 20 heavy (non-hydrogen) atoms. The van der Waals surface area contributed by atoms with E-state index in [1.165, 1.54) is 0 Å². The first kappa shape index (κ1) is 13.9. The number of hydrogen-bond donors (Lipinski definition) is 1. The zero-order valence-corrected chi connectivity index (χ0v) is 11.6. The van der Waals surface area contributed by atoms with Gasteiger partial charge in [0.25, 0.3) is 0 Å². The van der Waals surface area contributed by atoms with Crippen molar-refractivity contribution in [1.82, 2.24) is 0 Å². The summed E-state index contributed by atoms with van der Waals surface area (Å²) in [6, 6.07) is 12.7. The predicted molar refractivity (Wildman–Crippen MR) is 77.0 cm³/mol. The summed E-state index contributed by atoms with van der Waals surface area (Å²) in [5.41, 5.74) is 7.75. The van der Waals surface area contributed by atoms with Gasteiger partial charge in [-0.3, -0.25) is 4.79 Å². The lowest BCUT2D eigenvalue weighted by Crippen LogP contribution is -2.10. The van der Waals surface area contributed by atoms with Gasteiger partial charge in [0.15, 0.2) is 0 Å². The molecule has 0 spiro atoms. The summed E-state index contributed by atoms with van der Waals surface area (Å²) in [7, 11) is 1.65. The summed E-state index contributed by atoms with van der Waals surface area (Å²) < 4.78 is 10.9. The van der Waals surface area contributed by atoms with Gasteiger partial charge in [-0.2, -0.15) is 0 Å². The molecule has 0 aromatic heterocycles. The summed E-state index contributed by atoms with van der Waals surface area (Å²) in [6.07, 6.45) is 0. The Labute approximate surface area is 118 Å². The van der Waals surface area contributed by atoms with Crippen LogP contribution in [0.2, 0.25) is 0 Å². The van der Waals surface area contributed by atoms with Crippen LogP contribution in [0.3, 0.4) is 0 Å². The first-order chi connectivity index (χ1) is 9.60. The van der Waals surface area contributed by atoms with E-state index in [1.807, 2.05) is 25.1 Å². The molecular weight excluding hydrogens is 254 g/mol. The Balaban J connectivity index is 2.03. The maximum Gasteiger partial charge on any atom is 0.248 e. The topological polar surface area (TPSA) is 61.6 Å². The van der Waals surface area contributed by atoms with Crippen LogP contribution in [0.4, 0.5) is 0 Å². The Morgan fingerprint density at radius 1 is 1.15 bits per heavy atom. The zero-order valence-electron chi connectivity index (χ0n) is 11.6. The number of amides is 1. The summed E-state index contributed by atoms with van der Waals surface area (Å²) >= 11 is 0. The molecule has 0 aliphatic heterocycles. The first-order valence-electron chi connectivity index (χ1n) is 6.26. The molecule has 2 N–H and O–H groups in total. The van der Waals surface area contributed by atoms with Gasteiger partial charge < -0.3 is 15.2 Å². The van der Waals surface area contributed by atoms with Gasteiger partial charge in [0.2, 0.25) is 5.91 Å². The molecule has 4 nitrogen and oxygen atoms in total. The number of methoxy groups -OCH3 is 1. The van der Waals surface area contributed by atoms with Crippen molar-refractivity contribution in [2.75, 3.05) is 7.11 Å². The Bertz CT molecular complexity index is 606. The molecule has 4 heteroatoms. The molecule has 0 heterocycles. The third kappa shape index (κ3) is 3.29. The van der Waals surface area contributed by atoms with Crippen LogP contribution in [0.5, 0.6) is 11.5 Å². The molecule has 1 amide bonds. The lowest BCUT2D eigenvalue weighted by molar-refractivity contribution is 0.100. The van der Waals surface area contributed by atoms with Crippen LogP contribution in [0.25, 0.3) is 0 Å². The van der Waals surface area contributed by atoms with E-state index in [0.717, 1.165) is 16.9 Å². The van der Waals surface area contributed by atoms with Gasteiger partial charge in [-0.1, -0.05) is 12.1 Å². The van der Waals surface area contributed by atoms with Crippen molar-refractivity contribution in [1.29, 1.82) is 0 Å². The van der Waals surface area contributed by atoms with Crippen LogP contribution in [0, 0.1) is 6.92 Å². The zero-order chi connectivity index (χ0) is 14.5. The van der Waals surface area contributed by atoms with Crippen molar-refractivity contribution >= 4 is 5.91 Å². The molecule has 0 saturated heterocycles. The number of primary amides is 1. The van der Waals surface area contributed by atoms with Crippen molar-refractivity contribution in [3.05, 3.63) is 59.2 Å². The Morgan fingerprint density at radius 2 is 1.85 bits per heavy atom. The molecule has 0 radical (unpaired) electrons. The van der Waals surface area contributed by atoms with Crippen molar-refractivity contribution < 1.29 is 14.3 Å². The van der Waals surface area contributed by atoms with E-state index >= 15 is 0 Å². The van der Waals surface area contributed by atoms with Crippen LogP contribution >= 0.6 is 0 Å². The van der Waals surface area contributed by atoms with Gasteiger partial charge >= 0.3 is 0 Å². The summed E-state index contributed by atoms with van der Waals surface area (Å²) in [4.78, 5) is 11.0. The summed E-state index contributed by atoms with van der Waals surface area (Å²) in [6.45, 7) is 2.43. The fourth-order valence-electron chi connectivity index (χ4n) is 1.84. The molecule has 0 unspecified atom stereocenters. The number of carbonyl (C=O) groups excluding carboxylic acids is 1. The molecule has 0 aliphatic rings. The number of carbonyl (C=O) groups is 1. The van der Waals surface area contributed by atoms with Gasteiger partial charge in [0.05, 0.1) is 7.11 Å². The number of ether oxygens (including phenoxy) is 2. The Morgan fingerprint density at radius 3 is 2.45 bits per heavy atom. The Kier molecular flexibility index (Phi) is 4.25. The monoisotopic (exact) mass is 271 g/mol. The quantitative estimate of drug-likeness (QED) is 0.909. The van der Waals surface area contributed by atoms with Gasteiger partial charge in [-0.15, -0.1) is 0 Å². The highest BCUT2D eigenvalue weighted by Crippen LogP contribution is 2.20. The van der Waals surface area contributed by atoms with E-state index in [9.17, 15) is 4.79 Å². The summed E-state index contributed by atoms with van der Waals surface area (Å²) in [5, 5.41) is 0. The lowest BCUT2D eigenvalue weighted by atomic mass is 10.1. The number of hydrogen-bond acceptors (Lipinski definition) is 3. The highest BCUT2D eigenvalue weighted by atomic mass is 16.5. The lowest BCUT2D eigenvalue weighted by Gasteiger charge is -2.09. The average molecular weight is 271 g/mol. The smallest absolute Gasteiger partial charge is 0.248 e. The molecule has 0 bridgehead atoms. The van der Waals surface area contributed by atoms with Gasteiger partial charge in [0.1, 0.15) is 18.1 Å². The number of benzene rings is 2. The maximum atomic E-state index is 11.0. The molecule has 2 rings (SSSR count). The third-order valence-electron chi connectivity index (χ3n) is 3.02. The van der Waals surface area contributed by atoms with Crippen molar-refractivity contribution in [3.8, 4) is 11.5 Å². The largest absolute Gasteiger partial charge is 0.496 e. The molecule has 2 aromatic rings. The third-order valence-corrected chi connectivity index (χ3v) is 3.02. The Hall–Kier alpha value is -2.49. The minimum atomic E-state index is -0.445. The first-order valence-corrected chi connectivity index (χ1v) is 6.26. The van der Waals surface area contributed by atoms with E-state index < -0.39 is 5.91 Å². The predicted octanol–water partition coefficient (Wildman–Crippen LogP) is 2.68. The molecular formula is C16H17NO3. The fourth-order valence-corrected chi connectivity index (χ4v) is 1.84. The van der Waals surface area contributed by atoms with Crippen LogP contribution < -0.4 is 15.2 Å². The minimum Gasteiger partial charge on any atom is -0.496 e. The molecule has 0 aliphatic carbocycles. The highest BCUT2D eigenvalue weighted by molar-refractivity contribution is 5.92. The highest BCUT2D eigenvalue weighted by Gasteiger charge is 2.03.